The molecule has 1 aliphatic heterocycles. The number of alkyl halides is 13. The minimum Gasteiger partial charge on any atom is -0.376 e. The number of hydrogen-bond donors (Lipinski definition) is 1. The molecule has 1 N–H and O–H groups in total. The van der Waals surface area contributed by atoms with Crippen LogP contribution in [0.1, 0.15) is 12.8 Å². The molecule has 28 heavy (non-hydrogen) atoms. The Kier molecular flexibility index (Phi) is 6.22. The minimum absolute atomic E-state index is 0.0733. The molecule has 1 amide bonds. The first-order valence-electron chi connectivity index (χ1n) is 7.11. The van der Waals surface area contributed by atoms with Crippen LogP contribution in [0.2, 0.25) is 0 Å². The maximum absolute atomic E-state index is 13.4. The molecule has 1 unspecified atom stereocenters. The van der Waals surface area contributed by atoms with Crippen LogP contribution >= 0.6 is 0 Å². The summed E-state index contributed by atoms with van der Waals surface area (Å²) in [6.07, 6.45) is -8.03. The number of amides is 1. The van der Waals surface area contributed by atoms with Gasteiger partial charge in [-0.05, 0) is 12.8 Å². The van der Waals surface area contributed by atoms with Gasteiger partial charge in [0.15, 0.2) is 0 Å². The van der Waals surface area contributed by atoms with E-state index in [0.717, 1.165) is 5.32 Å². The number of rotatable bonds is 7. The SMILES string of the molecule is O=C(NCC1CCCO1)C(F)(F)C(F)(F)C(F)(F)C(F)(F)C(F)(F)C(F)(F)F. The smallest absolute Gasteiger partial charge is 0.376 e. The van der Waals surface area contributed by atoms with Gasteiger partial charge >= 0.3 is 35.8 Å². The third-order valence-electron chi connectivity index (χ3n) is 3.73. The summed E-state index contributed by atoms with van der Waals surface area (Å²) in [4.78, 5) is 11.1. The van der Waals surface area contributed by atoms with Crippen molar-refractivity contribution >= 4 is 5.91 Å². The fraction of sp³-hybridized carbons (Fsp3) is 0.917. The maximum Gasteiger partial charge on any atom is 0.460 e. The van der Waals surface area contributed by atoms with Crippen molar-refractivity contribution in [3.8, 4) is 0 Å². The standard InChI is InChI=1S/C12H10F13NO2/c13-7(14,6(27)26-4-5-2-1-3-28-5)8(15,16)9(17,18)10(19,20)11(21,22)12(23,24)25/h5H,1-4H2,(H,26,27). The summed E-state index contributed by atoms with van der Waals surface area (Å²) in [5.41, 5.74) is 0. The van der Waals surface area contributed by atoms with E-state index in [9.17, 15) is 61.9 Å². The van der Waals surface area contributed by atoms with Gasteiger partial charge in [-0.25, -0.2) is 0 Å². The molecule has 1 saturated heterocycles. The molecule has 0 aromatic carbocycles. The zero-order valence-electron chi connectivity index (χ0n) is 13.1. The van der Waals surface area contributed by atoms with Crippen LogP contribution in [-0.4, -0.2) is 61.0 Å². The number of ether oxygens (including phenoxy) is 1. The van der Waals surface area contributed by atoms with Crippen LogP contribution in [0.15, 0.2) is 0 Å². The summed E-state index contributed by atoms with van der Waals surface area (Å²) in [6, 6.07) is 0. The Balaban J connectivity index is 3.19. The van der Waals surface area contributed by atoms with Gasteiger partial charge in [-0.1, -0.05) is 0 Å². The molecule has 0 aromatic rings. The van der Waals surface area contributed by atoms with Crippen molar-refractivity contribution in [1.29, 1.82) is 0 Å². The van der Waals surface area contributed by atoms with Gasteiger partial charge in [0.25, 0.3) is 5.91 Å². The predicted molar refractivity (Wildman–Crippen MR) is 62.8 cm³/mol. The molecule has 3 nitrogen and oxygen atoms in total. The Bertz CT molecular complexity index is 581. The average Bonchev–Trinajstić information content (AvgIpc) is 3.03. The quantitative estimate of drug-likeness (QED) is 0.599. The van der Waals surface area contributed by atoms with E-state index >= 15 is 0 Å². The van der Waals surface area contributed by atoms with E-state index in [-0.39, 0.29) is 13.0 Å². The third-order valence-corrected chi connectivity index (χ3v) is 3.73. The first-order chi connectivity index (χ1) is 12.2. The molecule has 0 aliphatic carbocycles. The second-order valence-corrected chi connectivity index (χ2v) is 5.71. The molecule has 0 radical (unpaired) electrons. The summed E-state index contributed by atoms with van der Waals surface area (Å²) in [5.74, 6) is -41.5. The Morgan fingerprint density at radius 3 is 1.64 bits per heavy atom. The Labute approximate surface area is 147 Å². The first kappa shape index (κ1) is 24.6. The number of halogens is 13. The van der Waals surface area contributed by atoms with Crippen LogP contribution in [0.4, 0.5) is 57.1 Å². The van der Waals surface area contributed by atoms with Gasteiger partial charge in [-0.2, -0.15) is 57.1 Å². The molecule has 0 spiro atoms. The summed E-state index contributed by atoms with van der Waals surface area (Å²) in [7, 11) is 0. The zero-order chi connectivity index (χ0) is 22.4. The lowest BCUT2D eigenvalue weighted by atomic mass is 9.93. The number of nitrogens with one attached hydrogen (secondary N) is 1. The molecule has 166 valence electrons. The molecular formula is C12H10F13NO2. The van der Waals surface area contributed by atoms with E-state index in [1.54, 1.807) is 0 Å². The Morgan fingerprint density at radius 2 is 1.25 bits per heavy atom. The summed E-state index contributed by atoms with van der Waals surface area (Å²) in [5, 5.41) is 0.982. The second-order valence-electron chi connectivity index (χ2n) is 5.71. The van der Waals surface area contributed by atoms with Crippen molar-refractivity contribution in [2.75, 3.05) is 13.2 Å². The molecule has 16 heteroatoms. The normalized spacial score (nSPS) is 20.4. The molecule has 1 heterocycles. The highest BCUT2D eigenvalue weighted by Crippen LogP contribution is 2.60. The average molecular weight is 447 g/mol. The molecule has 1 atom stereocenters. The predicted octanol–water partition coefficient (Wildman–Crippen LogP) is 4.02. The van der Waals surface area contributed by atoms with Crippen molar-refractivity contribution in [1.82, 2.24) is 5.32 Å². The lowest BCUT2D eigenvalue weighted by Crippen LogP contribution is -2.72. The van der Waals surface area contributed by atoms with E-state index in [1.165, 1.54) is 0 Å². The van der Waals surface area contributed by atoms with Gasteiger partial charge < -0.3 is 10.1 Å². The van der Waals surface area contributed by atoms with Crippen molar-refractivity contribution in [2.45, 2.75) is 54.7 Å². The summed E-state index contributed by atoms with van der Waals surface area (Å²) in [6.45, 7) is -0.880. The molecule has 1 fully saturated rings. The van der Waals surface area contributed by atoms with Gasteiger partial charge in [-0.15, -0.1) is 0 Å². The molecule has 0 aromatic heterocycles. The maximum atomic E-state index is 13.4. The highest BCUT2D eigenvalue weighted by atomic mass is 19.4. The van der Waals surface area contributed by atoms with Gasteiger partial charge in [0.2, 0.25) is 0 Å². The van der Waals surface area contributed by atoms with Crippen molar-refractivity contribution in [2.24, 2.45) is 0 Å². The molecule has 1 rings (SSSR count). The lowest BCUT2D eigenvalue weighted by Gasteiger charge is -2.39. The largest absolute Gasteiger partial charge is 0.460 e. The first-order valence-corrected chi connectivity index (χ1v) is 7.11. The number of carbonyl (C=O) groups excluding carboxylic acids is 1. The Hall–Kier alpha value is -1.48. The lowest BCUT2D eigenvalue weighted by molar-refractivity contribution is -0.436. The van der Waals surface area contributed by atoms with E-state index < -0.39 is 54.3 Å². The minimum atomic E-state index is -8.03. The third kappa shape index (κ3) is 3.58. The van der Waals surface area contributed by atoms with Crippen LogP contribution in [0.25, 0.3) is 0 Å². The summed E-state index contributed by atoms with van der Waals surface area (Å²) < 4.78 is 172. The Morgan fingerprint density at radius 1 is 0.786 bits per heavy atom. The van der Waals surface area contributed by atoms with Crippen molar-refractivity contribution in [3.63, 3.8) is 0 Å². The van der Waals surface area contributed by atoms with Crippen molar-refractivity contribution < 1.29 is 66.6 Å². The highest BCUT2D eigenvalue weighted by Gasteiger charge is 2.91. The van der Waals surface area contributed by atoms with Crippen LogP contribution < -0.4 is 5.32 Å². The second kappa shape index (κ2) is 7.09. The van der Waals surface area contributed by atoms with Gasteiger partial charge in [0, 0.05) is 13.2 Å². The van der Waals surface area contributed by atoms with Gasteiger partial charge in [0.05, 0.1) is 6.10 Å². The van der Waals surface area contributed by atoms with E-state index in [1.807, 2.05) is 0 Å². The van der Waals surface area contributed by atoms with Crippen LogP contribution in [0.3, 0.4) is 0 Å². The van der Waals surface area contributed by atoms with Crippen LogP contribution in [0.5, 0.6) is 0 Å². The number of hydrogen-bond acceptors (Lipinski definition) is 2. The van der Waals surface area contributed by atoms with Crippen LogP contribution in [-0.2, 0) is 9.53 Å². The molecule has 0 bridgehead atoms. The van der Waals surface area contributed by atoms with E-state index in [0.29, 0.717) is 6.42 Å². The summed E-state index contributed by atoms with van der Waals surface area (Å²) >= 11 is 0. The molecule has 0 saturated carbocycles. The fourth-order valence-corrected chi connectivity index (χ4v) is 2.03. The highest BCUT2D eigenvalue weighted by molar-refractivity contribution is 5.84. The van der Waals surface area contributed by atoms with Crippen molar-refractivity contribution in [3.05, 3.63) is 0 Å². The molecular weight excluding hydrogens is 437 g/mol. The topological polar surface area (TPSA) is 38.3 Å². The fourth-order valence-electron chi connectivity index (χ4n) is 2.03. The zero-order valence-corrected chi connectivity index (χ0v) is 13.1. The van der Waals surface area contributed by atoms with Gasteiger partial charge in [-0.3, -0.25) is 4.79 Å². The molecule has 1 aliphatic rings. The van der Waals surface area contributed by atoms with Gasteiger partial charge in [0.1, 0.15) is 0 Å². The van der Waals surface area contributed by atoms with E-state index in [4.69, 9.17) is 4.74 Å². The van der Waals surface area contributed by atoms with Crippen LogP contribution in [0, 0.1) is 0 Å². The monoisotopic (exact) mass is 447 g/mol. The number of carbonyl (C=O) groups is 1. The van der Waals surface area contributed by atoms with E-state index in [2.05, 4.69) is 0 Å².